The Labute approximate surface area is 38.3 Å². The Morgan fingerprint density at radius 2 is 1.67 bits per heavy atom. The van der Waals surface area contributed by atoms with Crippen LogP contribution in [-0.2, 0) is 0 Å². The lowest BCUT2D eigenvalue weighted by Crippen LogP contribution is -2.18. The van der Waals surface area contributed by atoms with Gasteiger partial charge < -0.3 is 10.3 Å². The van der Waals surface area contributed by atoms with Crippen LogP contribution in [0.25, 0.3) is 0 Å². The minimum absolute atomic E-state index is 0.130. The van der Waals surface area contributed by atoms with Gasteiger partial charge in [-0.2, -0.15) is 0 Å². The largest absolute Gasteiger partial charge is 0.785 e. The average Bonchev–Trinajstić information content (AvgIpc) is 1.36. The Balaban J connectivity index is 2.99. The molecule has 0 aliphatic heterocycles. The van der Waals surface area contributed by atoms with Gasteiger partial charge in [0.25, 0.3) is 0 Å². The Morgan fingerprint density at radius 1 is 1.50 bits per heavy atom. The number of hydrogen-bond donors (Lipinski definition) is 0. The third kappa shape index (κ3) is 2.18. The van der Waals surface area contributed by atoms with Gasteiger partial charge in [0.15, 0.2) is 0 Å². The minimum atomic E-state index is 0.130. The van der Waals surface area contributed by atoms with Gasteiger partial charge in [-0.3, -0.25) is 0 Å². The third-order valence-corrected chi connectivity index (χ3v) is 0.727. The lowest BCUT2D eigenvalue weighted by molar-refractivity contribution is 0.377. The molecule has 0 amide bonds. The van der Waals surface area contributed by atoms with Crippen LogP contribution in [0.5, 0.6) is 0 Å². The maximum Gasteiger partial charge on any atom is -0.00859 e. The Morgan fingerprint density at radius 3 is 1.67 bits per heavy atom. The number of hydrogen-bond acceptors (Lipinski definition) is 2. The van der Waals surface area contributed by atoms with Gasteiger partial charge in [-0.05, 0) is 13.1 Å². The maximum atomic E-state index is 10.1. The molecule has 2 nitrogen and oxygen atoms in total. The molecule has 0 aromatic heterocycles. The van der Waals surface area contributed by atoms with Crippen molar-refractivity contribution in [3.8, 4) is 0 Å². The van der Waals surface area contributed by atoms with Crippen LogP contribution in [0.2, 0.25) is 0 Å². The normalized spacial score (nSPS) is 11.0. The standard InChI is InChI=1S/C4H10NO/c1-4(2)5(3)6/h4H,1-3H3/q-1. The summed E-state index contributed by atoms with van der Waals surface area (Å²) < 4.78 is 0. The molecule has 38 valence electrons. The van der Waals surface area contributed by atoms with Crippen LogP contribution in [0.4, 0.5) is 0 Å². The molecule has 0 aromatic rings. The zero-order chi connectivity index (χ0) is 5.15. The van der Waals surface area contributed by atoms with Crippen molar-refractivity contribution in [3.63, 3.8) is 0 Å². The molecule has 0 fully saturated rings. The second-order valence-electron chi connectivity index (χ2n) is 1.64. The van der Waals surface area contributed by atoms with E-state index in [0.717, 1.165) is 5.06 Å². The summed E-state index contributed by atoms with van der Waals surface area (Å²) in [7, 11) is 1.52. The minimum Gasteiger partial charge on any atom is -0.785 e. The predicted molar refractivity (Wildman–Crippen MR) is 26.3 cm³/mol. The quantitative estimate of drug-likeness (QED) is 0.444. The van der Waals surface area contributed by atoms with E-state index in [2.05, 4.69) is 0 Å². The van der Waals surface area contributed by atoms with Crippen LogP contribution in [0.1, 0.15) is 13.8 Å². The predicted octanol–water partition coefficient (Wildman–Crippen LogP) is 0.824. The fourth-order valence-corrected chi connectivity index (χ4v) is 0. The van der Waals surface area contributed by atoms with Gasteiger partial charge in [0.1, 0.15) is 0 Å². The monoisotopic (exact) mass is 88.1 g/mol. The summed E-state index contributed by atoms with van der Waals surface area (Å²) in [4.78, 5) is 0. The molecule has 0 bridgehead atoms. The second kappa shape index (κ2) is 2.16. The van der Waals surface area contributed by atoms with Gasteiger partial charge in [-0.1, -0.05) is 13.8 Å². The van der Waals surface area contributed by atoms with Crippen molar-refractivity contribution < 1.29 is 0 Å². The highest BCUT2D eigenvalue weighted by Gasteiger charge is 1.83. The Hall–Kier alpha value is -0.0800. The van der Waals surface area contributed by atoms with Crippen molar-refractivity contribution in [2.75, 3.05) is 7.05 Å². The van der Waals surface area contributed by atoms with Crippen molar-refractivity contribution >= 4 is 0 Å². The molecule has 0 heterocycles. The molecular weight excluding hydrogens is 78.0 g/mol. The van der Waals surface area contributed by atoms with E-state index in [0.29, 0.717) is 0 Å². The average molecular weight is 88.1 g/mol. The third-order valence-electron chi connectivity index (χ3n) is 0.727. The van der Waals surface area contributed by atoms with Crippen molar-refractivity contribution in [2.45, 2.75) is 19.9 Å². The van der Waals surface area contributed by atoms with Crippen molar-refractivity contribution in [1.82, 2.24) is 5.06 Å². The smallest absolute Gasteiger partial charge is 0.00859 e. The first kappa shape index (κ1) is 5.92. The first-order valence-electron chi connectivity index (χ1n) is 2.04. The van der Waals surface area contributed by atoms with E-state index in [1.807, 2.05) is 13.8 Å². The molecule has 2 heteroatoms. The number of nitrogens with zero attached hydrogens (tertiary/aromatic N) is 1. The highest BCUT2D eigenvalue weighted by molar-refractivity contribution is 4.52. The van der Waals surface area contributed by atoms with Crippen LogP contribution < -0.4 is 0 Å². The molecule has 0 radical (unpaired) electrons. The van der Waals surface area contributed by atoms with Crippen LogP contribution >= 0.6 is 0 Å². The van der Waals surface area contributed by atoms with Gasteiger partial charge in [0.2, 0.25) is 0 Å². The summed E-state index contributed by atoms with van der Waals surface area (Å²) in [6.07, 6.45) is 0. The maximum absolute atomic E-state index is 10.1. The summed E-state index contributed by atoms with van der Waals surface area (Å²) in [5.41, 5.74) is 0. The number of rotatable bonds is 1. The van der Waals surface area contributed by atoms with Gasteiger partial charge >= 0.3 is 0 Å². The first-order valence-corrected chi connectivity index (χ1v) is 2.04. The molecule has 0 aliphatic carbocycles. The van der Waals surface area contributed by atoms with Crippen LogP contribution in [0.15, 0.2) is 0 Å². The highest BCUT2D eigenvalue weighted by atomic mass is 16.5. The van der Waals surface area contributed by atoms with E-state index >= 15 is 0 Å². The molecule has 0 aliphatic rings. The lowest BCUT2D eigenvalue weighted by atomic mass is 10.4. The van der Waals surface area contributed by atoms with Crippen LogP contribution in [0, 0.1) is 5.21 Å². The summed E-state index contributed by atoms with van der Waals surface area (Å²) in [6, 6.07) is 0.130. The van der Waals surface area contributed by atoms with E-state index in [1.54, 1.807) is 0 Å². The second-order valence-corrected chi connectivity index (χ2v) is 1.64. The molecule has 0 saturated heterocycles. The first-order chi connectivity index (χ1) is 2.64. The van der Waals surface area contributed by atoms with Gasteiger partial charge in [-0.25, -0.2) is 0 Å². The number of hydroxylamine groups is 2. The fourth-order valence-electron chi connectivity index (χ4n) is 0. The van der Waals surface area contributed by atoms with E-state index in [9.17, 15) is 5.21 Å². The molecule has 0 N–H and O–H groups in total. The van der Waals surface area contributed by atoms with E-state index in [-0.39, 0.29) is 6.04 Å². The molecule has 0 unspecified atom stereocenters. The lowest BCUT2D eigenvalue weighted by Gasteiger charge is -2.26. The van der Waals surface area contributed by atoms with E-state index < -0.39 is 0 Å². The zero-order valence-corrected chi connectivity index (χ0v) is 4.43. The van der Waals surface area contributed by atoms with Crippen molar-refractivity contribution in [1.29, 1.82) is 0 Å². The topological polar surface area (TPSA) is 26.3 Å². The van der Waals surface area contributed by atoms with E-state index in [1.165, 1.54) is 7.05 Å². The molecule has 0 saturated carbocycles. The molecule has 0 rings (SSSR count). The molecule has 0 spiro atoms. The van der Waals surface area contributed by atoms with Gasteiger partial charge in [0.05, 0.1) is 0 Å². The molecule has 6 heavy (non-hydrogen) atoms. The fraction of sp³-hybridized carbons (Fsp3) is 1.00. The van der Waals surface area contributed by atoms with Crippen molar-refractivity contribution in [3.05, 3.63) is 5.21 Å². The van der Waals surface area contributed by atoms with E-state index in [4.69, 9.17) is 0 Å². The Bertz CT molecular complexity index is 28.5. The summed E-state index contributed by atoms with van der Waals surface area (Å²) in [6.45, 7) is 3.71. The summed E-state index contributed by atoms with van der Waals surface area (Å²) in [5, 5.41) is 11.0. The zero-order valence-electron chi connectivity index (χ0n) is 4.43. The highest BCUT2D eigenvalue weighted by Crippen LogP contribution is 1.85. The van der Waals surface area contributed by atoms with Gasteiger partial charge in [0, 0.05) is 0 Å². The van der Waals surface area contributed by atoms with Crippen LogP contribution in [0.3, 0.4) is 0 Å². The molecule has 0 aromatic carbocycles. The SMILES string of the molecule is CC(C)N(C)[O-]. The summed E-state index contributed by atoms with van der Waals surface area (Å²) >= 11 is 0. The Kier molecular flexibility index (Phi) is 2.13. The van der Waals surface area contributed by atoms with Gasteiger partial charge in [-0.15, -0.1) is 0 Å². The molecular formula is C4H10NO-. The van der Waals surface area contributed by atoms with Crippen LogP contribution in [-0.4, -0.2) is 18.2 Å². The molecule has 0 atom stereocenters. The summed E-state index contributed by atoms with van der Waals surface area (Å²) in [5.74, 6) is 0. The van der Waals surface area contributed by atoms with Crippen molar-refractivity contribution in [2.24, 2.45) is 0 Å².